The van der Waals surface area contributed by atoms with Crippen molar-refractivity contribution in [2.24, 2.45) is 0 Å². The lowest BCUT2D eigenvalue weighted by atomic mass is 9.80. The predicted octanol–water partition coefficient (Wildman–Crippen LogP) is 1.83. The minimum Gasteiger partial charge on any atom is -0.367 e. The Balaban J connectivity index is 1.41. The first kappa shape index (κ1) is 17.7. The summed E-state index contributed by atoms with van der Waals surface area (Å²) in [5.74, 6) is -0.0711. The van der Waals surface area contributed by atoms with Crippen LogP contribution in [0.1, 0.15) is 24.5 Å². The maximum atomic E-state index is 12.6. The molecule has 2 aromatic rings. The summed E-state index contributed by atoms with van der Waals surface area (Å²) in [5, 5.41) is 2.97. The van der Waals surface area contributed by atoms with Crippen molar-refractivity contribution < 1.29 is 14.3 Å². The quantitative estimate of drug-likeness (QED) is 0.897. The van der Waals surface area contributed by atoms with Gasteiger partial charge < -0.3 is 15.0 Å². The number of hydrogen-bond acceptors (Lipinski definition) is 4. The lowest BCUT2D eigenvalue weighted by molar-refractivity contribution is -0.130. The zero-order chi connectivity index (χ0) is 18.9. The highest BCUT2D eigenvalue weighted by Gasteiger charge is 2.51. The van der Waals surface area contributed by atoms with Gasteiger partial charge in [0, 0.05) is 43.5 Å². The number of rotatable bonds is 4. The molecule has 1 N–H and O–H groups in total. The van der Waals surface area contributed by atoms with Crippen LogP contribution in [0.5, 0.6) is 0 Å². The van der Waals surface area contributed by atoms with Crippen molar-refractivity contribution in [1.29, 1.82) is 0 Å². The van der Waals surface area contributed by atoms with Crippen molar-refractivity contribution in [2.45, 2.75) is 31.3 Å². The number of anilines is 1. The van der Waals surface area contributed by atoms with Crippen molar-refractivity contribution in [1.82, 2.24) is 10.3 Å². The van der Waals surface area contributed by atoms with Gasteiger partial charge in [-0.05, 0) is 36.1 Å². The van der Waals surface area contributed by atoms with E-state index in [9.17, 15) is 9.59 Å². The Morgan fingerprint density at radius 1 is 1.30 bits per heavy atom. The highest BCUT2D eigenvalue weighted by atomic mass is 16.5. The van der Waals surface area contributed by atoms with Crippen molar-refractivity contribution in [2.75, 3.05) is 24.6 Å². The molecule has 0 bridgehead atoms. The standard InChI is InChI=1S/C21H23N3O3/c1-15(25)24-13-21(17-6-2-3-7-18(17)24)11-19(27-14-21)20(26)23-10-8-16-5-4-9-22-12-16/h2-7,9,12,19H,8,10-11,13-14H2,1H3,(H,23,26). The highest BCUT2D eigenvalue weighted by Crippen LogP contribution is 2.47. The molecule has 1 aromatic carbocycles. The normalized spacial score (nSPS) is 23.4. The van der Waals surface area contributed by atoms with Gasteiger partial charge in [-0.1, -0.05) is 24.3 Å². The molecule has 27 heavy (non-hydrogen) atoms. The van der Waals surface area contributed by atoms with Gasteiger partial charge in [0.2, 0.25) is 11.8 Å². The second-order valence-electron chi connectivity index (χ2n) is 7.31. The fraction of sp³-hybridized carbons (Fsp3) is 0.381. The molecule has 1 spiro atoms. The number of amides is 2. The average molecular weight is 365 g/mol. The molecule has 6 nitrogen and oxygen atoms in total. The average Bonchev–Trinajstić information content (AvgIpc) is 3.26. The van der Waals surface area contributed by atoms with Gasteiger partial charge in [0.15, 0.2) is 0 Å². The fourth-order valence-electron chi connectivity index (χ4n) is 4.10. The van der Waals surface area contributed by atoms with Gasteiger partial charge in [0.1, 0.15) is 6.10 Å². The molecule has 3 heterocycles. The molecular weight excluding hydrogens is 342 g/mol. The summed E-state index contributed by atoms with van der Waals surface area (Å²) < 4.78 is 5.88. The van der Waals surface area contributed by atoms with E-state index in [2.05, 4.69) is 10.3 Å². The van der Waals surface area contributed by atoms with Gasteiger partial charge in [-0.25, -0.2) is 0 Å². The Kier molecular flexibility index (Phi) is 4.66. The van der Waals surface area contributed by atoms with Crippen LogP contribution in [0.25, 0.3) is 0 Å². The van der Waals surface area contributed by atoms with Gasteiger partial charge in [-0.2, -0.15) is 0 Å². The largest absolute Gasteiger partial charge is 0.367 e. The van der Waals surface area contributed by atoms with Crippen molar-refractivity contribution in [3.8, 4) is 0 Å². The molecule has 2 amide bonds. The topological polar surface area (TPSA) is 71.5 Å². The first-order chi connectivity index (χ1) is 13.1. The molecule has 2 aliphatic heterocycles. The SMILES string of the molecule is CC(=O)N1CC2(COC(C(=O)NCCc3cccnc3)C2)c2ccccc21. The number of aromatic nitrogens is 1. The smallest absolute Gasteiger partial charge is 0.249 e. The number of carbonyl (C=O) groups excluding carboxylic acids is 2. The summed E-state index contributed by atoms with van der Waals surface area (Å²) >= 11 is 0. The summed E-state index contributed by atoms with van der Waals surface area (Å²) in [6.07, 6.45) is 4.38. The zero-order valence-electron chi connectivity index (χ0n) is 15.4. The van der Waals surface area contributed by atoms with Gasteiger partial charge in [0.05, 0.1) is 6.61 Å². The molecule has 4 rings (SSSR count). The van der Waals surface area contributed by atoms with E-state index in [1.54, 1.807) is 24.2 Å². The third kappa shape index (κ3) is 3.32. The van der Waals surface area contributed by atoms with Crippen LogP contribution in [0, 0.1) is 0 Å². The van der Waals surface area contributed by atoms with Crippen LogP contribution in [0.15, 0.2) is 48.8 Å². The van der Waals surface area contributed by atoms with Crippen molar-refractivity contribution in [3.63, 3.8) is 0 Å². The monoisotopic (exact) mass is 365 g/mol. The Bertz CT molecular complexity index is 855. The van der Waals surface area contributed by atoms with Crippen LogP contribution in [0.2, 0.25) is 0 Å². The molecule has 1 fully saturated rings. The molecule has 6 heteroatoms. The molecular formula is C21H23N3O3. The molecule has 140 valence electrons. The summed E-state index contributed by atoms with van der Waals surface area (Å²) in [6, 6.07) is 11.8. The summed E-state index contributed by atoms with van der Waals surface area (Å²) in [6.45, 7) is 3.15. The second kappa shape index (κ2) is 7.12. The van der Waals surface area contributed by atoms with Crippen LogP contribution >= 0.6 is 0 Å². The molecule has 2 unspecified atom stereocenters. The number of hydrogen-bond donors (Lipinski definition) is 1. The van der Waals surface area contributed by atoms with E-state index in [-0.39, 0.29) is 17.2 Å². The Labute approximate surface area is 158 Å². The molecule has 1 aromatic heterocycles. The van der Waals surface area contributed by atoms with Gasteiger partial charge in [-0.3, -0.25) is 14.6 Å². The number of pyridine rings is 1. The fourth-order valence-corrected chi connectivity index (χ4v) is 4.10. The van der Waals surface area contributed by atoms with Gasteiger partial charge >= 0.3 is 0 Å². The lowest BCUT2D eigenvalue weighted by Crippen LogP contribution is -2.38. The summed E-state index contributed by atoms with van der Waals surface area (Å²) in [7, 11) is 0. The number of nitrogens with zero attached hydrogens (tertiary/aromatic N) is 2. The van der Waals surface area contributed by atoms with Crippen molar-refractivity contribution in [3.05, 3.63) is 59.9 Å². The third-order valence-corrected chi connectivity index (χ3v) is 5.47. The van der Waals surface area contributed by atoms with Crippen LogP contribution in [-0.4, -0.2) is 42.6 Å². The highest BCUT2D eigenvalue weighted by molar-refractivity contribution is 5.95. The summed E-state index contributed by atoms with van der Waals surface area (Å²) in [4.78, 5) is 30.5. The number of fused-ring (bicyclic) bond motifs is 2. The molecule has 0 saturated carbocycles. The van der Waals surface area contributed by atoms with Gasteiger partial charge in [-0.15, -0.1) is 0 Å². The Hall–Kier alpha value is -2.73. The molecule has 0 aliphatic carbocycles. The number of carbonyl (C=O) groups is 2. The van der Waals surface area contributed by atoms with Crippen LogP contribution in [-0.2, 0) is 26.2 Å². The molecule has 2 aliphatic rings. The van der Waals surface area contributed by atoms with E-state index in [1.807, 2.05) is 36.4 Å². The second-order valence-corrected chi connectivity index (χ2v) is 7.31. The Morgan fingerprint density at radius 2 is 2.15 bits per heavy atom. The minimum absolute atomic E-state index is 0.0173. The maximum absolute atomic E-state index is 12.6. The molecule has 0 radical (unpaired) electrons. The first-order valence-electron chi connectivity index (χ1n) is 9.25. The minimum atomic E-state index is -0.487. The van der Waals surface area contributed by atoms with Crippen LogP contribution < -0.4 is 10.2 Å². The predicted molar refractivity (Wildman–Crippen MR) is 101 cm³/mol. The van der Waals surface area contributed by atoms with E-state index in [4.69, 9.17) is 4.74 Å². The van der Waals surface area contributed by atoms with E-state index in [0.29, 0.717) is 26.1 Å². The first-order valence-corrected chi connectivity index (χ1v) is 9.25. The van der Waals surface area contributed by atoms with Crippen LogP contribution in [0.4, 0.5) is 5.69 Å². The van der Waals surface area contributed by atoms with Gasteiger partial charge in [0.25, 0.3) is 0 Å². The van der Waals surface area contributed by atoms with Crippen LogP contribution in [0.3, 0.4) is 0 Å². The number of benzene rings is 1. The third-order valence-electron chi connectivity index (χ3n) is 5.47. The maximum Gasteiger partial charge on any atom is 0.249 e. The number of ether oxygens (including phenoxy) is 1. The number of para-hydroxylation sites is 1. The number of nitrogens with one attached hydrogen (secondary N) is 1. The van der Waals surface area contributed by atoms with E-state index >= 15 is 0 Å². The van der Waals surface area contributed by atoms with E-state index in [1.165, 1.54) is 0 Å². The van der Waals surface area contributed by atoms with E-state index in [0.717, 1.165) is 23.2 Å². The summed E-state index contributed by atoms with van der Waals surface area (Å²) in [5.41, 5.74) is 2.83. The molecule has 1 saturated heterocycles. The van der Waals surface area contributed by atoms with Crippen molar-refractivity contribution >= 4 is 17.5 Å². The lowest BCUT2D eigenvalue weighted by Gasteiger charge is -2.22. The molecule has 2 atom stereocenters. The zero-order valence-corrected chi connectivity index (χ0v) is 15.4. The van der Waals surface area contributed by atoms with E-state index < -0.39 is 6.10 Å². The Morgan fingerprint density at radius 3 is 2.93 bits per heavy atom.